The van der Waals surface area contributed by atoms with Crippen LogP contribution in [-0.2, 0) is 9.59 Å². The van der Waals surface area contributed by atoms with Crippen molar-refractivity contribution >= 4 is 47.5 Å². The van der Waals surface area contributed by atoms with Gasteiger partial charge in [0, 0.05) is 13.3 Å². The lowest BCUT2D eigenvalue weighted by molar-refractivity contribution is -0.117. The molecule has 0 aromatic carbocycles. The van der Waals surface area contributed by atoms with E-state index in [9.17, 15) is 9.59 Å². The lowest BCUT2D eigenvalue weighted by atomic mass is 10.1. The molecule has 116 valence electrons. The van der Waals surface area contributed by atoms with E-state index in [1.54, 1.807) is 0 Å². The highest BCUT2D eigenvalue weighted by molar-refractivity contribution is 8.14. The molecule has 0 heterocycles. The number of unbranched alkanes of at least 4 members (excludes halogenated alkanes) is 2. The molecule has 0 saturated heterocycles. The van der Waals surface area contributed by atoms with Gasteiger partial charge in [-0.15, -0.1) is 24.8 Å². The summed E-state index contributed by atoms with van der Waals surface area (Å²) in [4.78, 5) is 22.0. The first-order valence-corrected chi connectivity index (χ1v) is 7.21. The average Bonchev–Trinajstić information content (AvgIpc) is 2.30. The maximum absolute atomic E-state index is 11.3. The van der Waals surface area contributed by atoms with E-state index in [1.165, 1.54) is 6.92 Å². The third kappa shape index (κ3) is 20.7. The van der Waals surface area contributed by atoms with Gasteiger partial charge in [-0.05, 0) is 38.9 Å². The van der Waals surface area contributed by atoms with Gasteiger partial charge in [-0.3, -0.25) is 9.59 Å². The van der Waals surface area contributed by atoms with Gasteiger partial charge in [0.1, 0.15) is 5.78 Å². The molecule has 0 aliphatic heterocycles. The van der Waals surface area contributed by atoms with Crippen molar-refractivity contribution in [3.8, 4) is 0 Å². The highest BCUT2D eigenvalue weighted by Gasteiger charge is 2.03. The third-order valence-electron chi connectivity index (χ3n) is 2.30. The average molecular weight is 333 g/mol. The fraction of sp³-hybridized carbons (Fsp3) is 0.833. The summed E-state index contributed by atoms with van der Waals surface area (Å²) in [5, 5.41) is 3.32. The molecular weight excluding hydrogens is 307 g/mol. The van der Waals surface area contributed by atoms with E-state index in [1.807, 2.05) is 0 Å². The molecule has 0 amide bonds. The zero-order chi connectivity index (χ0) is 12.9. The molecule has 0 radical (unpaired) electrons. The summed E-state index contributed by atoms with van der Waals surface area (Å²) in [5.41, 5.74) is 5.37. The van der Waals surface area contributed by atoms with Crippen LogP contribution in [0.15, 0.2) is 0 Å². The van der Waals surface area contributed by atoms with Crippen LogP contribution in [0, 0.1) is 0 Å². The van der Waals surface area contributed by atoms with Crippen LogP contribution in [0.1, 0.15) is 39.0 Å². The minimum absolute atomic E-state index is 0. The Bertz CT molecular complexity index is 232. The Labute approximate surface area is 132 Å². The Morgan fingerprint density at radius 1 is 1.05 bits per heavy atom. The van der Waals surface area contributed by atoms with E-state index in [4.69, 9.17) is 5.73 Å². The lowest BCUT2D eigenvalue weighted by Crippen LogP contribution is -2.19. The van der Waals surface area contributed by atoms with Gasteiger partial charge in [0.05, 0.1) is 5.75 Å². The summed E-state index contributed by atoms with van der Waals surface area (Å²) in [7, 11) is 0. The van der Waals surface area contributed by atoms with E-state index >= 15 is 0 Å². The van der Waals surface area contributed by atoms with Crippen molar-refractivity contribution in [2.45, 2.75) is 39.0 Å². The van der Waals surface area contributed by atoms with E-state index < -0.39 is 0 Å². The van der Waals surface area contributed by atoms with Gasteiger partial charge in [-0.25, -0.2) is 0 Å². The predicted molar refractivity (Wildman–Crippen MR) is 87.7 cm³/mol. The van der Waals surface area contributed by atoms with Crippen LogP contribution in [0.25, 0.3) is 0 Å². The van der Waals surface area contributed by atoms with Crippen molar-refractivity contribution < 1.29 is 9.59 Å². The van der Waals surface area contributed by atoms with Crippen LogP contribution >= 0.6 is 36.6 Å². The highest BCUT2D eigenvalue weighted by Crippen LogP contribution is 2.06. The highest BCUT2D eigenvalue weighted by atomic mass is 35.5. The van der Waals surface area contributed by atoms with Gasteiger partial charge >= 0.3 is 0 Å². The fourth-order valence-corrected chi connectivity index (χ4v) is 1.86. The quantitative estimate of drug-likeness (QED) is 0.567. The normalized spacial score (nSPS) is 9.37. The summed E-state index contributed by atoms with van der Waals surface area (Å²) < 4.78 is 0. The molecule has 19 heavy (non-hydrogen) atoms. The Hall–Kier alpha value is 0.190. The number of ketones is 1. The Morgan fingerprint density at radius 3 is 2.26 bits per heavy atom. The Morgan fingerprint density at radius 2 is 1.68 bits per heavy atom. The molecule has 3 N–H and O–H groups in total. The summed E-state index contributed by atoms with van der Waals surface area (Å²) in [6.07, 6.45) is 4.70. The number of rotatable bonds is 11. The van der Waals surface area contributed by atoms with Gasteiger partial charge in [0.2, 0.25) is 0 Å². The molecule has 7 heteroatoms. The van der Waals surface area contributed by atoms with Crippen LogP contribution in [0.2, 0.25) is 0 Å². The summed E-state index contributed by atoms with van der Waals surface area (Å²) in [6.45, 7) is 4.20. The molecule has 0 spiro atoms. The van der Waals surface area contributed by atoms with Gasteiger partial charge < -0.3 is 11.1 Å². The Balaban J connectivity index is -0.00000128. The van der Waals surface area contributed by atoms with E-state index in [0.29, 0.717) is 12.2 Å². The monoisotopic (exact) mass is 332 g/mol. The SMILES string of the molecule is CC(=O)SCC(=O)CCCCCNCCCN.Cl.Cl. The Kier molecular flexibility index (Phi) is 23.2. The molecule has 0 rings (SSSR count). The molecule has 0 aliphatic carbocycles. The summed E-state index contributed by atoms with van der Waals surface area (Å²) in [5.74, 6) is 0.519. The van der Waals surface area contributed by atoms with Crippen molar-refractivity contribution in [3.05, 3.63) is 0 Å². The number of nitrogens with two attached hydrogens (primary N) is 1. The van der Waals surface area contributed by atoms with Crippen LogP contribution in [0.5, 0.6) is 0 Å². The van der Waals surface area contributed by atoms with Crippen molar-refractivity contribution in [1.82, 2.24) is 5.32 Å². The predicted octanol–water partition coefficient (Wildman–Crippen LogP) is 2.18. The second-order valence-electron chi connectivity index (χ2n) is 4.02. The number of thioether (sulfide) groups is 1. The van der Waals surface area contributed by atoms with Crippen LogP contribution in [0.3, 0.4) is 0 Å². The number of nitrogens with one attached hydrogen (secondary N) is 1. The van der Waals surface area contributed by atoms with Crippen molar-refractivity contribution in [2.24, 2.45) is 5.73 Å². The number of carbonyl (C=O) groups is 2. The zero-order valence-corrected chi connectivity index (χ0v) is 13.9. The minimum Gasteiger partial charge on any atom is -0.330 e. The molecule has 0 saturated carbocycles. The fourth-order valence-electron chi connectivity index (χ4n) is 1.36. The molecule has 0 unspecified atom stereocenters. The van der Waals surface area contributed by atoms with Crippen LogP contribution in [-0.4, -0.2) is 36.3 Å². The minimum atomic E-state index is 0. The number of hydrogen-bond acceptors (Lipinski definition) is 5. The van der Waals surface area contributed by atoms with Crippen molar-refractivity contribution in [2.75, 3.05) is 25.4 Å². The van der Waals surface area contributed by atoms with Gasteiger partial charge in [-0.1, -0.05) is 18.2 Å². The van der Waals surface area contributed by atoms with Crippen LogP contribution in [0.4, 0.5) is 0 Å². The first kappa shape index (κ1) is 24.2. The van der Waals surface area contributed by atoms with Crippen molar-refractivity contribution in [3.63, 3.8) is 0 Å². The molecule has 0 aromatic heterocycles. The standard InChI is InChI=1S/C12H24N2O2S.2ClH/c1-11(15)17-10-12(16)6-3-2-4-8-14-9-5-7-13;;/h14H,2-10,13H2,1H3;2*1H. The maximum atomic E-state index is 11.3. The molecule has 0 bridgehead atoms. The van der Waals surface area contributed by atoms with Gasteiger partial charge in [0.25, 0.3) is 0 Å². The molecular formula is C12H26Cl2N2O2S. The summed E-state index contributed by atoms with van der Waals surface area (Å²) >= 11 is 1.10. The van der Waals surface area contributed by atoms with E-state index in [-0.39, 0.29) is 35.7 Å². The third-order valence-corrected chi connectivity index (χ3v) is 3.18. The maximum Gasteiger partial charge on any atom is 0.186 e. The second kappa shape index (κ2) is 18.2. The van der Waals surface area contributed by atoms with E-state index in [0.717, 1.165) is 57.1 Å². The molecule has 0 aromatic rings. The second-order valence-corrected chi connectivity index (χ2v) is 5.17. The smallest absolute Gasteiger partial charge is 0.186 e. The zero-order valence-electron chi connectivity index (χ0n) is 11.5. The van der Waals surface area contributed by atoms with E-state index in [2.05, 4.69) is 5.32 Å². The number of hydrogen-bond donors (Lipinski definition) is 2. The first-order chi connectivity index (χ1) is 8.16. The molecule has 0 fully saturated rings. The van der Waals surface area contributed by atoms with Gasteiger partial charge in [-0.2, -0.15) is 0 Å². The summed E-state index contributed by atoms with van der Waals surface area (Å²) in [6, 6.07) is 0. The lowest BCUT2D eigenvalue weighted by Gasteiger charge is -2.03. The van der Waals surface area contributed by atoms with Gasteiger partial charge in [0.15, 0.2) is 5.12 Å². The molecule has 0 atom stereocenters. The molecule has 4 nitrogen and oxygen atoms in total. The number of carbonyl (C=O) groups excluding carboxylic acids is 2. The molecule has 0 aliphatic rings. The van der Waals surface area contributed by atoms with Crippen molar-refractivity contribution in [1.29, 1.82) is 0 Å². The topological polar surface area (TPSA) is 72.2 Å². The largest absolute Gasteiger partial charge is 0.330 e. The van der Waals surface area contributed by atoms with Crippen LogP contribution < -0.4 is 11.1 Å². The number of halogens is 2. The first-order valence-electron chi connectivity index (χ1n) is 6.22. The number of Topliss-reactive ketones (excluding diaryl/α,β-unsaturated/α-hetero) is 1.